The Morgan fingerprint density at radius 2 is 2.18 bits per heavy atom. The molecule has 96 valence electrons. The summed E-state index contributed by atoms with van der Waals surface area (Å²) in [4.78, 5) is 0. The Balaban J connectivity index is 2.71. The van der Waals surface area contributed by atoms with Crippen LogP contribution in [0.5, 0.6) is 11.5 Å². The average Bonchev–Trinajstić information content (AvgIpc) is 2.34. The number of aliphatic hydroxyl groups excluding tert-OH is 1. The van der Waals surface area contributed by atoms with Crippen LogP contribution in [0, 0.1) is 0 Å². The molecular weight excluding hydrogens is 236 g/mol. The molecule has 0 saturated carbocycles. The number of hydrogen-bond acceptors (Lipinski definition) is 4. The van der Waals surface area contributed by atoms with Crippen LogP contribution < -0.4 is 9.47 Å². The molecule has 1 aromatic rings. The van der Waals surface area contributed by atoms with Crippen LogP contribution in [0.15, 0.2) is 18.2 Å². The van der Waals surface area contributed by atoms with Crippen molar-refractivity contribution in [1.29, 1.82) is 0 Å². The SMILES string of the molecule is COc1ccc(C(C)O)c(OCCCSC)c1. The highest BCUT2D eigenvalue weighted by Gasteiger charge is 2.10. The average molecular weight is 256 g/mol. The Kier molecular flexibility index (Phi) is 6.22. The van der Waals surface area contributed by atoms with Gasteiger partial charge in [-0.25, -0.2) is 0 Å². The first kappa shape index (κ1) is 14.2. The predicted octanol–water partition coefficient (Wildman–Crippen LogP) is 2.88. The minimum atomic E-state index is -0.531. The van der Waals surface area contributed by atoms with Crippen LogP contribution in [0.4, 0.5) is 0 Å². The molecule has 0 fully saturated rings. The lowest BCUT2D eigenvalue weighted by Gasteiger charge is -2.14. The van der Waals surface area contributed by atoms with E-state index in [1.165, 1.54) is 0 Å². The summed E-state index contributed by atoms with van der Waals surface area (Å²) in [7, 11) is 1.62. The van der Waals surface area contributed by atoms with Crippen molar-refractivity contribution in [1.82, 2.24) is 0 Å². The second-order valence-electron chi connectivity index (χ2n) is 3.77. The minimum absolute atomic E-state index is 0.531. The van der Waals surface area contributed by atoms with E-state index >= 15 is 0 Å². The maximum atomic E-state index is 9.65. The highest BCUT2D eigenvalue weighted by Crippen LogP contribution is 2.29. The lowest BCUT2D eigenvalue weighted by molar-refractivity contribution is 0.191. The minimum Gasteiger partial charge on any atom is -0.497 e. The third-order valence-electron chi connectivity index (χ3n) is 2.42. The fourth-order valence-electron chi connectivity index (χ4n) is 1.50. The molecular formula is C13H20O3S. The van der Waals surface area contributed by atoms with Crippen LogP contribution in [-0.2, 0) is 0 Å². The molecule has 0 spiro atoms. The molecule has 1 rings (SSSR count). The Hall–Kier alpha value is -0.870. The van der Waals surface area contributed by atoms with Crippen molar-refractivity contribution >= 4 is 11.8 Å². The lowest BCUT2D eigenvalue weighted by Crippen LogP contribution is -2.03. The van der Waals surface area contributed by atoms with E-state index < -0.39 is 6.10 Å². The van der Waals surface area contributed by atoms with Crippen LogP contribution in [0.3, 0.4) is 0 Å². The summed E-state index contributed by atoms with van der Waals surface area (Å²) in [5.41, 5.74) is 0.801. The Labute approximate surface area is 107 Å². The van der Waals surface area contributed by atoms with E-state index in [0.717, 1.165) is 23.5 Å². The fraction of sp³-hybridized carbons (Fsp3) is 0.538. The zero-order chi connectivity index (χ0) is 12.7. The molecule has 1 N–H and O–H groups in total. The third-order valence-corrected chi connectivity index (χ3v) is 3.12. The van der Waals surface area contributed by atoms with Gasteiger partial charge in [-0.2, -0.15) is 11.8 Å². The van der Waals surface area contributed by atoms with Crippen molar-refractivity contribution in [2.45, 2.75) is 19.4 Å². The topological polar surface area (TPSA) is 38.7 Å². The smallest absolute Gasteiger partial charge is 0.128 e. The fourth-order valence-corrected chi connectivity index (χ4v) is 1.90. The largest absolute Gasteiger partial charge is 0.497 e. The van der Waals surface area contributed by atoms with Crippen LogP contribution >= 0.6 is 11.8 Å². The zero-order valence-corrected chi connectivity index (χ0v) is 11.4. The summed E-state index contributed by atoms with van der Waals surface area (Å²) in [5.74, 6) is 2.53. The van der Waals surface area contributed by atoms with Crippen molar-refractivity contribution in [3.63, 3.8) is 0 Å². The van der Waals surface area contributed by atoms with Gasteiger partial charge in [-0.15, -0.1) is 0 Å². The molecule has 0 aliphatic rings. The molecule has 1 aromatic carbocycles. The molecule has 0 aliphatic heterocycles. The second kappa shape index (κ2) is 7.45. The Bertz CT molecular complexity index is 339. The van der Waals surface area contributed by atoms with E-state index in [2.05, 4.69) is 6.26 Å². The van der Waals surface area contributed by atoms with Crippen molar-refractivity contribution in [2.24, 2.45) is 0 Å². The van der Waals surface area contributed by atoms with Crippen LogP contribution in [0.25, 0.3) is 0 Å². The molecule has 0 radical (unpaired) electrons. The molecule has 0 amide bonds. The predicted molar refractivity (Wildman–Crippen MR) is 72.1 cm³/mol. The van der Waals surface area contributed by atoms with Gasteiger partial charge in [-0.05, 0) is 37.5 Å². The molecule has 3 nitrogen and oxygen atoms in total. The summed E-state index contributed by atoms with van der Waals surface area (Å²) < 4.78 is 10.8. The third kappa shape index (κ3) is 4.48. The Morgan fingerprint density at radius 3 is 2.76 bits per heavy atom. The molecule has 4 heteroatoms. The van der Waals surface area contributed by atoms with Gasteiger partial charge >= 0.3 is 0 Å². The molecule has 1 atom stereocenters. The summed E-state index contributed by atoms with van der Waals surface area (Å²) in [6.45, 7) is 2.39. The van der Waals surface area contributed by atoms with Gasteiger partial charge in [-0.3, -0.25) is 0 Å². The van der Waals surface area contributed by atoms with E-state index in [0.29, 0.717) is 12.4 Å². The van der Waals surface area contributed by atoms with Crippen LogP contribution in [-0.4, -0.2) is 30.8 Å². The number of hydrogen-bond donors (Lipinski definition) is 1. The first-order valence-corrected chi connectivity index (χ1v) is 7.06. The molecule has 0 aromatic heterocycles. The van der Waals surface area contributed by atoms with Crippen molar-refractivity contribution < 1.29 is 14.6 Å². The van der Waals surface area contributed by atoms with E-state index in [-0.39, 0.29) is 0 Å². The number of benzene rings is 1. The molecule has 0 saturated heterocycles. The maximum Gasteiger partial charge on any atom is 0.128 e. The summed E-state index contributed by atoms with van der Waals surface area (Å²) in [6, 6.07) is 5.49. The lowest BCUT2D eigenvalue weighted by atomic mass is 10.1. The number of ether oxygens (including phenoxy) is 2. The summed E-state index contributed by atoms with van der Waals surface area (Å²) >= 11 is 1.80. The van der Waals surface area contributed by atoms with E-state index in [9.17, 15) is 5.11 Å². The number of methoxy groups -OCH3 is 1. The van der Waals surface area contributed by atoms with Gasteiger partial charge in [0.15, 0.2) is 0 Å². The van der Waals surface area contributed by atoms with E-state index in [1.807, 2.05) is 18.2 Å². The van der Waals surface area contributed by atoms with Gasteiger partial charge in [0.1, 0.15) is 11.5 Å². The van der Waals surface area contributed by atoms with Gasteiger partial charge < -0.3 is 14.6 Å². The molecule has 0 heterocycles. The van der Waals surface area contributed by atoms with Gasteiger partial charge in [0.05, 0.1) is 19.8 Å². The number of thioether (sulfide) groups is 1. The van der Waals surface area contributed by atoms with Crippen LogP contribution in [0.2, 0.25) is 0 Å². The van der Waals surface area contributed by atoms with Gasteiger partial charge in [0.2, 0.25) is 0 Å². The standard InChI is InChI=1S/C13H20O3S/c1-10(14)12-6-5-11(15-2)9-13(12)16-7-4-8-17-3/h5-6,9-10,14H,4,7-8H2,1-3H3. The normalized spacial score (nSPS) is 12.2. The van der Waals surface area contributed by atoms with Gasteiger partial charge in [0, 0.05) is 11.6 Å². The molecule has 0 bridgehead atoms. The summed E-state index contributed by atoms with van der Waals surface area (Å²) in [6.07, 6.45) is 2.54. The van der Waals surface area contributed by atoms with Gasteiger partial charge in [0.25, 0.3) is 0 Å². The second-order valence-corrected chi connectivity index (χ2v) is 4.76. The first-order chi connectivity index (χ1) is 8.19. The quantitative estimate of drug-likeness (QED) is 0.761. The highest BCUT2D eigenvalue weighted by molar-refractivity contribution is 7.98. The Morgan fingerprint density at radius 1 is 1.41 bits per heavy atom. The molecule has 0 aliphatic carbocycles. The van der Waals surface area contributed by atoms with Crippen molar-refractivity contribution in [3.05, 3.63) is 23.8 Å². The number of rotatable bonds is 7. The maximum absolute atomic E-state index is 9.65. The molecule has 17 heavy (non-hydrogen) atoms. The zero-order valence-electron chi connectivity index (χ0n) is 10.6. The van der Waals surface area contributed by atoms with Crippen molar-refractivity contribution in [2.75, 3.05) is 25.7 Å². The monoisotopic (exact) mass is 256 g/mol. The van der Waals surface area contributed by atoms with Crippen LogP contribution in [0.1, 0.15) is 25.0 Å². The molecule has 1 unspecified atom stereocenters. The van der Waals surface area contributed by atoms with E-state index in [1.54, 1.807) is 25.8 Å². The number of aliphatic hydroxyl groups is 1. The van der Waals surface area contributed by atoms with Gasteiger partial charge in [-0.1, -0.05) is 0 Å². The van der Waals surface area contributed by atoms with E-state index in [4.69, 9.17) is 9.47 Å². The summed E-state index contributed by atoms with van der Waals surface area (Å²) in [5, 5.41) is 9.65. The first-order valence-electron chi connectivity index (χ1n) is 5.66. The highest BCUT2D eigenvalue weighted by atomic mass is 32.2. The van der Waals surface area contributed by atoms with Crippen molar-refractivity contribution in [3.8, 4) is 11.5 Å².